The second-order valence-electron chi connectivity index (χ2n) is 2.36. The summed E-state index contributed by atoms with van der Waals surface area (Å²) >= 11 is 3.26. The molecule has 0 amide bonds. The van der Waals surface area contributed by atoms with Crippen molar-refractivity contribution in [2.75, 3.05) is 0 Å². The van der Waals surface area contributed by atoms with Crippen LogP contribution in [0, 0.1) is 0 Å². The van der Waals surface area contributed by atoms with Crippen molar-refractivity contribution in [3.63, 3.8) is 0 Å². The van der Waals surface area contributed by atoms with E-state index in [1.807, 2.05) is 0 Å². The van der Waals surface area contributed by atoms with Crippen molar-refractivity contribution in [3.05, 3.63) is 10.4 Å². The van der Waals surface area contributed by atoms with Gasteiger partial charge in [-0.2, -0.15) is 0 Å². The SMILES string of the molecule is [N-]=[N+]=N[C@@H]1CC[C@@H](O)[C@@H]1Br. The molecular formula is C5H8BrN3O. The summed E-state index contributed by atoms with van der Waals surface area (Å²) in [6.45, 7) is 0. The Balaban J connectivity index is 2.56. The molecule has 0 radical (unpaired) electrons. The summed E-state index contributed by atoms with van der Waals surface area (Å²) < 4.78 is 0. The maximum atomic E-state index is 9.16. The van der Waals surface area contributed by atoms with Crippen LogP contribution in [0.3, 0.4) is 0 Å². The fourth-order valence-corrected chi connectivity index (χ4v) is 1.74. The van der Waals surface area contributed by atoms with Gasteiger partial charge < -0.3 is 5.11 Å². The molecule has 0 aliphatic heterocycles. The molecule has 5 heteroatoms. The minimum Gasteiger partial charge on any atom is -0.392 e. The van der Waals surface area contributed by atoms with Crippen LogP contribution < -0.4 is 0 Å². The van der Waals surface area contributed by atoms with Gasteiger partial charge in [0.05, 0.1) is 12.1 Å². The molecule has 0 heterocycles. The van der Waals surface area contributed by atoms with Crippen LogP contribution in [-0.4, -0.2) is 22.1 Å². The number of aliphatic hydroxyl groups excluding tert-OH is 1. The Morgan fingerprint density at radius 1 is 1.60 bits per heavy atom. The Morgan fingerprint density at radius 2 is 2.30 bits per heavy atom. The molecule has 1 aliphatic rings. The van der Waals surface area contributed by atoms with Gasteiger partial charge in [0.2, 0.25) is 0 Å². The van der Waals surface area contributed by atoms with Crippen molar-refractivity contribution in [3.8, 4) is 0 Å². The highest BCUT2D eigenvalue weighted by molar-refractivity contribution is 9.09. The molecule has 1 rings (SSSR count). The van der Waals surface area contributed by atoms with Crippen molar-refractivity contribution in [1.29, 1.82) is 0 Å². The molecule has 1 aliphatic carbocycles. The van der Waals surface area contributed by atoms with E-state index in [0.717, 1.165) is 12.8 Å². The molecule has 56 valence electrons. The van der Waals surface area contributed by atoms with Gasteiger partial charge in [0, 0.05) is 9.74 Å². The van der Waals surface area contributed by atoms with Gasteiger partial charge in [-0.25, -0.2) is 0 Å². The lowest BCUT2D eigenvalue weighted by molar-refractivity contribution is 0.188. The monoisotopic (exact) mass is 205 g/mol. The molecule has 0 spiro atoms. The maximum Gasteiger partial charge on any atom is 0.0669 e. The molecule has 0 saturated heterocycles. The number of hydrogen-bond acceptors (Lipinski definition) is 2. The molecule has 4 nitrogen and oxygen atoms in total. The first-order valence-electron chi connectivity index (χ1n) is 3.12. The fourth-order valence-electron chi connectivity index (χ4n) is 1.10. The van der Waals surface area contributed by atoms with E-state index in [1.165, 1.54) is 0 Å². The van der Waals surface area contributed by atoms with Gasteiger partial charge in [-0.3, -0.25) is 0 Å². The molecule has 0 bridgehead atoms. The molecule has 1 N–H and O–H groups in total. The molecule has 0 aromatic carbocycles. The molecule has 3 atom stereocenters. The highest BCUT2D eigenvalue weighted by Crippen LogP contribution is 2.28. The fraction of sp³-hybridized carbons (Fsp3) is 1.00. The Labute approximate surface area is 67.0 Å². The van der Waals surface area contributed by atoms with Crippen LogP contribution in [0.1, 0.15) is 12.8 Å². The number of halogens is 1. The zero-order chi connectivity index (χ0) is 7.56. The van der Waals surface area contributed by atoms with Crippen LogP contribution in [0.4, 0.5) is 0 Å². The topological polar surface area (TPSA) is 69.0 Å². The van der Waals surface area contributed by atoms with E-state index in [-0.39, 0.29) is 17.0 Å². The largest absolute Gasteiger partial charge is 0.392 e. The molecular weight excluding hydrogens is 198 g/mol. The van der Waals surface area contributed by atoms with E-state index < -0.39 is 0 Å². The van der Waals surface area contributed by atoms with Crippen LogP contribution >= 0.6 is 15.9 Å². The summed E-state index contributed by atoms with van der Waals surface area (Å²) in [6, 6.07) is -0.0694. The molecule has 0 aromatic rings. The highest BCUT2D eigenvalue weighted by Gasteiger charge is 2.31. The standard InChI is InChI=1S/C5H8BrN3O/c6-5-3(8-9-7)1-2-4(5)10/h3-5,10H,1-2H2/t3-,4-,5-/m1/s1. The summed E-state index contributed by atoms with van der Waals surface area (Å²) in [4.78, 5) is 2.63. The second kappa shape index (κ2) is 3.23. The third-order valence-electron chi connectivity index (χ3n) is 1.69. The van der Waals surface area contributed by atoms with Gasteiger partial charge in [-0.1, -0.05) is 21.0 Å². The second-order valence-corrected chi connectivity index (χ2v) is 3.42. The Morgan fingerprint density at radius 3 is 2.70 bits per heavy atom. The predicted molar refractivity (Wildman–Crippen MR) is 40.9 cm³/mol. The van der Waals surface area contributed by atoms with E-state index in [1.54, 1.807) is 0 Å². The van der Waals surface area contributed by atoms with Crippen molar-refractivity contribution in [2.45, 2.75) is 29.8 Å². The number of hydrogen-bond donors (Lipinski definition) is 1. The van der Waals surface area contributed by atoms with Crippen molar-refractivity contribution >= 4 is 15.9 Å². The minimum absolute atomic E-state index is 0.0524. The summed E-state index contributed by atoms with van der Waals surface area (Å²) in [5, 5.41) is 12.7. The first-order valence-corrected chi connectivity index (χ1v) is 4.03. The first-order chi connectivity index (χ1) is 4.75. The van der Waals surface area contributed by atoms with Crippen LogP contribution in [-0.2, 0) is 0 Å². The maximum absolute atomic E-state index is 9.16. The van der Waals surface area contributed by atoms with E-state index in [9.17, 15) is 0 Å². The van der Waals surface area contributed by atoms with Crippen molar-refractivity contribution in [1.82, 2.24) is 0 Å². The Bertz CT molecular complexity index is 168. The van der Waals surface area contributed by atoms with Crippen LogP contribution in [0.5, 0.6) is 0 Å². The summed E-state index contributed by atoms with van der Waals surface area (Å²) in [7, 11) is 0. The van der Waals surface area contributed by atoms with E-state index in [2.05, 4.69) is 26.0 Å². The van der Waals surface area contributed by atoms with Crippen molar-refractivity contribution in [2.24, 2.45) is 5.11 Å². The molecule has 1 fully saturated rings. The first kappa shape index (κ1) is 7.85. The van der Waals surface area contributed by atoms with Crippen LogP contribution in [0.25, 0.3) is 10.4 Å². The van der Waals surface area contributed by atoms with Crippen LogP contribution in [0.15, 0.2) is 5.11 Å². The molecule has 0 unspecified atom stereocenters. The average Bonchev–Trinajstić information content (AvgIpc) is 2.20. The number of rotatable bonds is 1. The third-order valence-corrected chi connectivity index (χ3v) is 2.91. The minimum atomic E-state index is -0.351. The number of nitrogens with zero attached hydrogens (tertiary/aromatic N) is 3. The molecule has 0 aromatic heterocycles. The van der Waals surface area contributed by atoms with Gasteiger partial charge in [-0.15, -0.1) is 0 Å². The lowest BCUT2D eigenvalue weighted by atomic mass is 10.3. The Hall–Kier alpha value is -0.250. The van der Waals surface area contributed by atoms with Gasteiger partial charge in [-0.05, 0) is 18.4 Å². The summed E-state index contributed by atoms with van der Waals surface area (Å²) in [5.74, 6) is 0. The lowest BCUT2D eigenvalue weighted by Crippen LogP contribution is -2.20. The molecule has 1 saturated carbocycles. The zero-order valence-corrected chi connectivity index (χ0v) is 6.90. The van der Waals surface area contributed by atoms with Crippen molar-refractivity contribution < 1.29 is 5.11 Å². The summed E-state index contributed by atoms with van der Waals surface area (Å²) in [5.41, 5.74) is 8.09. The highest BCUT2D eigenvalue weighted by atomic mass is 79.9. The average molecular weight is 206 g/mol. The van der Waals surface area contributed by atoms with Crippen LogP contribution in [0.2, 0.25) is 0 Å². The van der Waals surface area contributed by atoms with Gasteiger partial charge in [0.1, 0.15) is 0 Å². The predicted octanol–water partition coefficient (Wildman–Crippen LogP) is 1.58. The van der Waals surface area contributed by atoms with E-state index in [4.69, 9.17) is 10.6 Å². The van der Waals surface area contributed by atoms with E-state index in [0.29, 0.717) is 0 Å². The van der Waals surface area contributed by atoms with Gasteiger partial charge >= 0.3 is 0 Å². The third kappa shape index (κ3) is 1.42. The summed E-state index contributed by atoms with van der Waals surface area (Å²) in [6.07, 6.45) is 1.15. The smallest absolute Gasteiger partial charge is 0.0669 e. The number of azide groups is 1. The number of alkyl halides is 1. The van der Waals surface area contributed by atoms with Gasteiger partial charge in [0.15, 0.2) is 0 Å². The lowest BCUT2D eigenvalue weighted by Gasteiger charge is -2.08. The van der Waals surface area contributed by atoms with Gasteiger partial charge in [0.25, 0.3) is 0 Å². The van der Waals surface area contributed by atoms with E-state index >= 15 is 0 Å². The zero-order valence-electron chi connectivity index (χ0n) is 5.31. The molecule has 10 heavy (non-hydrogen) atoms. The number of aliphatic hydroxyl groups is 1. The Kier molecular flexibility index (Phi) is 2.54. The normalized spacial score (nSPS) is 39.2. The quantitative estimate of drug-likeness (QED) is 0.301.